The minimum absolute atomic E-state index is 0.229. The Hall–Kier alpha value is -2.10. The average molecular weight is 260 g/mol. The fourth-order valence-corrected chi connectivity index (χ4v) is 2.21. The monoisotopic (exact) mass is 260 g/mol. The molecule has 0 fully saturated rings. The smallest absolute Gasteiger partial charge is 0.351 e. The van der Waals surface area contributed by atoms with Gasteiger partial charge in [0.05, 0.1) is 5.39 Å². The predicted molar refractivity (Wildman–Crippen MR) is 72.6 cm³/mol. The van der Waals surface area contributed by atoms with E-state index in [1.807, 2.05) is 13.8 Å². The summed E-state index contributed by atoms with van der Waals surface area (Å²) in [6, 6.07) is 6.62. The maximum absolute atomic E-state index is 12.3. The highest BCUT2D eigenvalue weighted by molar-refractivity contribution is 6.03. The van der Waals surface area contributed by atoms with E-state index in [-0.39, 0.29) is 28.6 Å². The molecule has 2 aromatic rings. The van der Waals surface area contributed by atoms with Crippen molar-refractivity contribution in [1.82, 2.24) is 0 Å². The lowest BCUT2D eigenvalue weighted by atomic mass is 9.93. The molecule has 1 heterocycles. The first kappa shape index (κ1) is 13.3. The number of para-hydroxylation sites is 1. The molecule has 0 radical (unpaired) electrons. The lowest BCUT2D eigenvalue weighted by molar-refractivity contribution is 0.0907. The van der Waals surface area contributed by atoms with Crippen molar-refractivity contribution < 1.29 is 14.3 Å². The van der Waals surface area contributed by atoms with E-state index in [0.29, 0.717) is 18.2 Å². The number of Topliss-reactive ketones (excluding diaryl/α,β-unsaturated/α-hetero) is 1. The molecular weight excluding hydrogens is 244 g/mol. The van der Waals surface area contributed by atoms with E-state index in [4.69, 9.17) is 4.42 Å². The molecule has 0 unspecified atom stereocenters. The van der Waals surface area contributed by atoms with Crippen LogP contribution in [0.5, 0.6) is 5.75 Å². The number of aromatic hydroxyl groups is 1. The molecule has 0 amide bonds. The van der Waals surface area contributed by atoms with Gasteiger partial charge in [-0.05, 0) is 25.0 Å². The number of carbonyl (C=O) groups excluding carboxylic acids is 1. The zero-order valence-corrected chi connectivity index (χ0v) is 11.0. The van der Waals surface area contributed by atoms with Gasteiger partial charge in [-0.3, -0.25) is 4.79 Å². The molecule has 0 aliphatic carbocycles. The Morgan fingerprint density at radius 2 is 1.89 bits per heavy atom. The molecule has 2 rings (SSSR count). The summed E-state index contributed by atoms with van der Waals surface area (Å²) >= 11 is 0. The summed E-state index contributed by atoms with van der Waals surface area (Å²) in [6.07, 6.45) is 1.25. The topological polar surface area (TPSA) is 67.5 Å². The zero-order chi connectivity index (χ0) is 14.0. The fraction of sp³-hybridized carbons (Fsp3) is 0.333. The van der Waals surface area contributed by atoms with E-state index in [1.165, 1.54) is 0 Å². The highest BCUT2D eigenvalue weighted by Gasteiger charge is 2.25. The Morgan fingerprint density at radius 1 is 1.26 bits per heavy atom. The first-order valence-electron chi connectivity index (χ1n) is 6.39. The van der Waals surface area contributed by atoms with Crippen molar-refractivity contribution >= 4 is 16.8 Å². The standard InChI is InChI=1S/C15H16O4/c1-3-9(4-2)13(16)12-14(17)10-7-5-6-8-11(10)19-15(12)18/h5-9,17H,3-4H2,1-2H3. The molecule has 4 heteroatoms. The molecule has 0 saturated carbocycles. The van der Waals surface area contributed by atoms with Crippen molar-refractivity contribution in [2.45, 2.75) is 26.7 Å². The Kier molecular flexibility index (Phi) is 3.69. The maximum atomic E-state index is 12.3. The van der Waals surface area contributed by atoms with E-state index in [1.54, 1.807) is 24.3 Å². The largest absolute Gasteiger partial charge is 0.506 e. The van der Waals surface area contributed by atoms with Gasteiger partial charge in [0.1, 0.15) is 16.9 Å². The quantitative estimate of drug-likeness (QED) is 0.677. The van der Waals surface area contributed by atoms with Crippen LogP contribution < -0.4 is 5.63 Å². The third kappa shape index (κ3) is 2.26. The zero-order valence-electron chi connectivity index (χ0n) is 11.0. The summed E-state index contributed by atoms with van der Waals surface area (Å²) in [7, 11) is 0. The van der Waals surface area contributed by atoms with Crippen LogP contribution in [0.2, 0.25) is 0 Å². The normalized spacial score (nSPS) is 11.1. The molecule has 0 atom stereocenters. The first-order valence-corrected chi connectivity index (χ1v) is 6.39. The second kappa shape index (κ2) is 5.26. The van der Waals surface area contributed by atoms with Gasteiger partial charge in [-0.2, -0.15) is 0 Å². The number of carbonyl (C=O) groups is 1. The van der Waals surface area contributed by atoms with Crippen LogP contribution in [0, 0.1) is 5.92 Å². The number of hydrogen-bond acceptors (Lipinski definition) is 4. The molecule has 0 bridgehead atoms. The number of benzene rings is 1. The van der Waals surface area contributed by atoms with Crippen LogP contribution in [-0.2, 0) is 0 Å². The van der Waals surface area contributed by atoms with Crippen LogP contribution >= 0.6 is 0 Å². The summed E-state index contributed by atoms with van der Waals surface area (Å²) < 4.78 is 5.10. The summed E-state index contributed by atoms with van der Waals surface area (Å²) in [5.74, 6) is -0.888. The highest BCUT2D eigenvalue weighted by atomic mass is 16.4. The molecule has 4 nitrogen and oxygen atoms in total. The second-order valence-corrected chi connectivity index (χ2v) is 4.49. The summed E-state index contributed by atoms with van der Waals surface area (Å²) in [5.41, 5.74) is -0.716. The van der Waals surface area contributed by atoms with Crippen LogP contribution in [0.4, 0.5) is 0 Å². The molecule has 100 valence electrons. The molecule has 19 heavy (non-hydrogen) atoms. The minimum Gasteiger partial charge on any atom is -0.506 e. The van der Waals surface area contributed by atoms with E-state index >= 15 is 0 Å². The predicted octanol–water partition coefficient (Wildman–Crippen LogP) is 3.12. The van der Waals surface area contributed by atoms with Crippen LogP contribution in [-0.4, -0.2) is 10.9 Å². The maximum Gasteiger partial charge on any atom is 0.351 e. The van der Waals surface area contributed by atoms with E-state index < -0.39 is 5.63 Å². The van der Waals surface area contributed by atoms with Crippen molar-refractivity contribution in [3.05, 3.63) is 40.2 Å². The number of ketones is 1. The molecule has 0 spiro atoms. The summed E-state index contributed by atoms with van der Waals surface area (Å²) in [4.78, 5) is 24.2. The Morgan fingerprint density at radius 3 is 2.53 bits per heavy atom. The Bertz CT molecular complexity index is 665. The van der Waals surface area contributed by atoms with Gasteiger partial charge in [-0.25, -0.2) is 4.79 Å². The minimum atomic E-state index is -0.770. The first-order chi connectivity index (χ1) is 9.10. The van der Waals surface area contributed by atoms with Gasteiger partial charge in [-0.15, -0.1) is 0 Å². The van der Waals surface area contributed by atoms with Crippen molar-refractivity contribution in [3.8, 4) is 5.75 Å². The van der Waals surface area contributed by atoms with Crippen LogP contribution in [0.25, 0.3) is 11.0 Å². The van der Waals surface area contributed by atoms with E-state index in [2.05, 4.69) is 0 Å². The van der Waals surface area contributed by atoms with Crippen LogP contribution in [0.3, 0.4) is 0 Å². The van der Waals surface area contributed by atoms with Gasteiger partial charge in [0, 0.05) is 5.92 Å². The summed E-state index contributed by atoms with van der Waals surface area (Å²) in [5, 5.41) is 10.5. The molecule has 0 aliphatic rings. The number of rotatable bonds is 4. The molecule has 1 N–H and O–H groups in total. The van der Waals surface area contributed by atoms with E-state index in [9.17, 15) is 14.7 Å². The summed E-state index contributed by atoms with van der Waals surface area (Å²) in [6.45, 7) is 3.76. The van der Waals surface area contributed by atoms with Crippen LogP contribution in [0.1, 0.15) is 37.0 Å². The SMILES string of the molecule is CCC(CC)C(=O)c1c(O)c2ccccc2oc1=O. The Balaban J connectivity index is 2.67. The molecule has 1 aromatic carbocycles. The number of hydrogen-bond donors (Lipinski definition) is 1. The lowest BCUT2D eigenvalue weighted by Gasteiger charge is -2.11. The second-order valence-electron chi connectivity index (χ2n) is 4.49. The average Bonchev–Trinajstić information content (AvgIpc) is 2.40. The fourth-order valence-electron chi connectivity index (χ4n) is 2.21. The van der Waals surface area contributed by atoms with E-state index in [0.717, 1.165) is 0 Å². The van der Waals surface area contributed by atoms with Gasteiger partial charge < -0.3 is 9.52 Å². The third-order valence-electron chi connectivity index (χ3n) is 3.39. The highest BCUT2D eigenvalue weighted by Crippen LogP contribution is 2.28. The molecule has 1 aromatic heterocycles. The van der Waals surface area contributed by atoms with Gasteiger partial charge in [0.25, 0.3) is 0 Å². The van der Waals surface area contributed by atoms with Gasteiger partial charge in [-0.1, -0.05) is 26.0 Å². The van der Waals surface area contributed by atoms with Gasteiger partial charge in [0.2, 0.25) is 0 Å². The van der Waals surface area contributed by atoms with Crippen molar-refractivity contribution in [3.63, 3.8) is 0 Å². The van der Waals surface area contributed by atoms with Gasteiger partial charge >= 0.3 is 5.63 Å². The third-order valence-corrected chi connectivity index (χ3v) is 3.39. The van der Waals surface area contributed by atoms with Crippen molar-refractivity contribution in [2.24, 2.45) is 5.92 Å². The van der Waals surface area contributed by atoms with Crippen molar-refractivity contribution in [1.29, 1.82) is 0 Å². The number of fused-ring (bicyclic) bond motifs is 1. The Labute approximate surface area is 110 Å². The molecule has 0 saturated heterocycles. The van der Waals surface area contributed by atoms with Crippen LogP contribution in [0.15, 0.2) is 33.5 Å². The van der Waals surface area contributed by atoms with Crippen molar-refractivity contribution in [2.75, 3.05) is 0 Å². The molecule has 0 aliphatic heterocycles. The van der Waals surface area contributed by atoms with Gasteiger partial charge in [0.15, 0.2) is 5.78 Å². The lowest BCUT2D eigenvalue weighted by Crippen LogP contribution is -2.21. The molecular formula is C15H16O4.